The van der Waals surface area contributed by atoms with Gasteiger partial charge in [0.2, 0.25) is 5.91 Å². The van der Waals surface area contributed by atoms with E-state index in [0.717, 1.165) is 11.4 Å². The van der Waals surface area contributed by atoms with Crippen LogP contribution in [0.2, 0.25) is 0 Å². The molecule has 0 saturated heterocycles. The van der Waals surface area contributed by atoms with Crippen molar-refractivity contribution in [3.8, 4) is 11.4 Å². The number of hydrogen-bond acceptors (Lipinski definition) is 5. The lowest BCUT2D eigenvalue weighted by Crippen LogP contribution is -2.49. The number of ether oxygens (including phenoxy) is 1. The summed E-state index contributed by atoms with van der Waals surface area (Å²) in [4.78, 5) is 24.8. The number of methoxy groups -OCH3 is 1. The zero-order valence-corrected chi connectivity index (χ0v) is 16.6. The molecular weight excluding hydrogens is 372 g/mol. The Morgan fingerprint density at radius 2 is 1.93 bits per heavy atom. The van der Waals surface area contributed by atoms with Crippen LogP contribution < -0.4 is 15.4 Å². The van der Waals surface area contributed by atoms with Crippen LogP contribution >= 0.6 is 0 Å². The van der Waals surface area contributed by atoms with Crippen molar-refractivity contribution in [2.75, 3.05) is 7.11 Å². The van der Waals surface area contributed by atoms with Crippen LogP contribution in [-0.4, -0.2) is 34.7 Å². The molecule has 3 rings (SSSR count). The van der Waals surface area contributed by atoms with Crippen molar-refractivity contribution in [1.29, 1.82) is 0 Å². The van der Waals surface area contributed by atoms with E-state index < -0.39 is 11.9 Å². The molecule has 1 aromatic carbocycles. The molecule has 2 aromatic heterocycles. The summed E-state index contributed by atoms with van der Waals surface area (Å²) < 4.78 is 12.0. The molecule has 0 aliphatic heterocycles. The molecule has 0 aliphatic rings. The van der Waals surface area contributed by atoms with Crippen LogP contribution in [0.3, 0.4) is 0 Å². The fourth-order valence-electron chi connectivity index (χ4n) is 2.78. The SMILES string of the molecule is COc1ccc(-n2ccc(CNC(=O)C(NC(=O)c3ccco3)C(C)C)n2)cc1. The van der Waals surface area contributed by atoms with Crippen LogP contribution in [-0.2, 0) is 11.3 Å². The van der Waals surface area contributed by atoms with E-state index in [2.05, 4.69) is 15.7 Å². The molecule has 1 atom stereocenters. The number of nitrogens with zero attached hydrogens (tertiary/aromatic N) is 2. The fourth-order valence-corrected chi connectivity index (χ4v) is 2.78. The lowest BCUT2D eigenvalue weighted by atomic mass is 10.0. The second kappa shape index (κ2) is 9.09. The molecule has 2 heterocycles. The van der Waals surface area contributed by atoms with Gasteiger partial charge in [-0.15, -0.1) is 0 Å². The first-order chi connectivity index (χ1) is 14.0. The Morgan fingerprint density at radius 3 is 2.55 bits per heavy atom. The average Bonchev–Trinajstić information content (AvgIpc) is 3.42. The summed E-state index contributed by atoms with van der Waals surface area (Å²) >= 11 is 0. The number of aromatic nitrogens is 2. The summed E-state index contributed by atoms with van der Waals surface area (Å²) in [5.41, 5.74) is 1.59. The minimum Gasteiger partial charge on any atom is -0.497 e. The predicted molar refractivity (Wildman–Crippen MR) is 107 cm³/mol. The molecule has 3 aromatic rings. The van der Waals surface area contributed by atoms with Crippen LogP contribution in [0.1, 0.15) is 30.1 Å². The van der Waals surface area contributed by atoms with Crippen LogP contribution in [0.15, 0.2) is 59.3 Å². The molecule has 29 heavy (non-hydrogen) atoms. The zero-order chi connectivity index (χ0) is 20.8. The monoisotopic (exact) mass is 396 g/mol. The van der Waals surface area contributed by atoms with Gasteiger partial charge >= 0.3 is 0 Å². The second-order valence-corrected chi connectivity index (χ2v) is 6.84. The molecule has 8 heteroatoms. The molecule has 0 aliphatic carbocycles. The van der Waals surface area contributed by atoms with Crippen molar-refractivity contribution in [3.63, 3.8) is 0 Å². The molecule has 8 nitrogen and oxygen atoms in total. The van der Waals surface area contributed by atoms with E-state index >= 15 is 0 Å². The maximum absolute atomic E-state index is 12.6. The van der Waals surface area contributed by atoms with Crippen LogP contribution in [0.5, 0.6) is 5.75 Å². The van der Waals surface area contributed by atoms with Gasteiger partial charge in [-0.3, -0.25) is 9.59 Å². The number of carbonyl (C=O) groups is 2. The Balaban J connectivity index is 1.59. The van der Waals surface area contributed by atoms with Crippen LogP contribution in [0.25, 0.3) is 5.69 Å². The molecule has 0 spiro atoms. The highest BCUT2D eigenvalue weighted by atomic mass is 16.5. The van der Waals surface area contributed by atoms with Crippen molar-refractivity contribution in [2.45, 2.75) is 26.4 Å². The number of carbonyl (C=O) groups excluding carboxylic acids is 2. The van der Waals surface area contributed by atoms with Gasteiger partial charge in [-0.05, 0) is 48.4 Å². The fraction of sp³-hybridized carbons (Fsp3) is 0.286. The first-order valence-corrected chi connectivity index (χ1v) is 9.29. The van der Waals surface area contributed by atoms with Gasteiger partial charge in [-0.2, -0.15) is 5.10 Å². The van der Waals surface area contributed by atoms with E-state index in [1.807, 2.05) is 50.4 Å². The Kier molecular flexibility index (Phi) is 6.33. The van der Waals surface area contributed by atoms with Gasteiger partial charge in [0.05, 0.1) is 31.3 Å². The van der Waals surface area contributed by atoms with E-state index in [9.17, 15) is 9.59 Å². The number of nitrogens with one attached hydrogen (secondary N) is 2. The van der Waals surface area contributed by atoms with Crippen molar-refractivity contribution in [1.82, 2.24) is 20.4 Å². The number of benzene rings is 1. The lowest BCUT2D eigenvalue weighted by Gasteiger charge is -2.21. The zero-order valence-electron chi connectivity index (χ0n) is 16.6. The van der Waals surface area contributed by atoms with Crippen LogP contribution in [0, 0.1) is 5.92 Å². The third-order valence-corrected chi connectivity index (χ3v) is 4.41. The van der Waals surface area contributed by atoms with E-state index in [1.54, 1.807) is 23.9 Å². The van der Waals surface area contributed by atoms with E-state index in [4.69, 9.17) is 9.15 Å². The molecule has 2 amide bonds. The lowest BCUT2D eigenvalue weighted by molar-refractivity contribution is -0.124. The summed E-state index contributed by atoms with van der Waals surface area (Å²) in [7, 11) is 1.62. The summed E-state index contributed by atoms with van der Waals surface area (Å²) in [6, 6.07) is 11.8. The molecule has 0 saturated carbocycles. The third kappa shape index (κ3) is 5.04. The number of hydrogen-bond donors (Lipinski definition) is 2. The van der Waals surface area contributed by atoms with Crippen LogP contribution in [0.4, 0.5) is 0 Å². The molecule has 1 unspecified atom stereocenters. The topological polar surface area (TPSA) is 98.4 Å². The van der Waals surface area contributed by atoms with Gasteiger partial charge in [0, 0.05) is 6.20 Å². The molecule has 0 fully saturated rings. The molecule has 0 radical (unpaired) electrons. The quantitative estimate of drug-likeness (QED) is 0.610. The summed E-state index contributed by atoms with van der Waals surface area (Å²) in [6.45, 7) is 3.98. The molecule has 0 bridgehead atoms. The number of furan rings is 1. The van der Waals surface area contributed by atoms with Crippen molar-refractivity contribution in [3.05, 3.63) is 66.4 Å². The van der Waals surface area contributed by atoms with Gasteiger partial charge in [0.15, 0.2) is 5.76 Å². The highest BCUT2D eigenvalue weighted by Gasteiger charge is 2.25. The van der Waals surface area contributed by atoms with E-state index in [1.165, 1.54) is 6.26 Å². The normalized spacial score (nSPS) is 11.9. The number of amides is 2. The second-order valence-electron chi connectivity index (χ2n) is 6.84. The van der Waals surface area contributed by atoms with E-state index in [-0.39, 0.29) is 24.1 Å². The van der Waals surface area contributed by atoms with Crippen molar-refractivity contribution < 1.29 is 18.7 Å². The first kappa shape index (κ1) is 20.2. The maximum atomic E-state index is 12.6. The highest BCUT2D eigenvalue weighted by molar-refractivity contribution is 5.95. The highest BCUT2D eigenvalue weighted by Crippen LogP contribution is 2.14. The minimum atomic E-state index is -0.684. The Bertz CT molecular complexity index is 945. The summed E-state index contributed by atoms with van der Waals surface area (Å²) in [5.74, 6) is 0.142. The smallest absolute Gasteiger partial charge is 0.287 e. The van der Waals surface area contributed by atoms with Gasteiger partial charge in [-0.1, -0.05) is 13.8 Å². The summed E-state index contributed by atoms with van der Waals surface area (Å²) in [6.07, 6.45) is 3.24. The maximum Gasteiger partial charge on any atom is 0.287 e. The number of rotatable bonds is 8. The Hall–Kier alpha value is -3.55. The first-order valence-electron chi connectivity index (χ1n) is 9.29. The summed E-state index contributed by atoms with van der Waals surface area (Å²) in [5, 5.41) is 10.0. The third-order valence-electron chi connectivity index (χ3n) is 4.41. The molecule has 2 N–H and O–H groups in total. The van der Waals surface area contributed by atoms with E-state index in [0.29, 0.717) is 5.69 Å². The van der Waals surface area contributed by atoms with Crippen molar-refractivity contribution in [2.24, 2.45) is 5.92 Å². The predicted octanol–water partition coefficient (Wildman–Crippen LogP) is 2.54. The Labute approximate surface area is 168 Å². The van der Waals surface area contributed by atoms with Gasteiger partial charge in [-0.25, -0.2) is 4.68 Å². The molecule has 152 valence electrons. The van der Waals surface area contributed by atoms with Gasteiger partial charge in [0.1, 0.15) is 11.8 Å². The molecular formula is C21H24N4O4. The van der Waals surface area contributed by atoms with Crippen molar-refractivity contribution >= 4 is 11.8 Å². The largest absolute Gasteiger partial charge is 0.497 e. The minimum absolute atomic E-state index is 0.0919. The van der Waals surface area contributed by atoms with Gasteiger partial charge in [0.25, 0.3) is 5.91 Å². The standard InChI is InChI=1S/C21H24N4O4/c1-14(2)19(23-20(26)18-5-4-12-29-18)21(27)22-13-15-10-11-25(24-15)16-6-8-17(28-3)9-7-16/h4-12,14,19H,13H2,1-3H3,(H,22,27)(H,23,26). The Morgan fingerprint density at radius 1 is 1.17 bits per heavy atom. The van der Waals surface area contributed by atoms with Gasteiger partial charge < -0.3 is 19.8 Å². The average molecular weight is 396 g/mol.